The molecule has 25 heavy (non-hydrogen) atoms. The van der Waals surface area contributed by atoms with E-state index in [0.717, 1.165) is 44.8 Å². The highest BCUT2D eigenvalue weighted by Crippen LogP contribution is 2.32. The van der Waals surface area contributed by atoms with E-state index in [1.54, 1.807) is 12.4 Å². The van der Waals surface area contributed by atoms with E-state index >= 15 is 0 Å². The zero-order valence-electron chi connectivity index (χ0n) is 14.8. The topological polar surface area (TPSA) is 44.6 Å². The monoisotopic (exact) mass is 339 g/mol. The molecular formula is C19H25N5O. The van der Waals surface area contributed by atoms with E-state index in [-0.39, 0.29) is 6.03 Å². The maximum absolute atomic E-state index is 12.5. The van der Waals surface area contributed by atoms with Crippen molar-refractivity contribution in [3.8, 4) is 0 Å². The molecule has 2 aromatic rings. The molecule has 0 atom stereocenters. The molecule has 4 rings (SSSR count). The Morgan fingerprint density at radius 3 is 2.08 bits per heavy atom. The fourth-order valence-corrected chi connectivity index (χ4v) is 3.76. The maximum Gasteiger partial charge on any atom is 0.344 e. The van der Waals surface area contributed by atoms with Gasteiger partial charge in [0.1, 0.15) is 0 Å². The summed E-state index contributed by atoms with van der Waals surface area (Å²) < 4.78 is 1.45. The Morgan fingerprint density at radius 1 is 0.920 bits per heavy atom. The Kier molecular flexibility index (Phi) is 4.34. The highest BCUT2D eigenvalue weighted by molar-refractivity contribution is 5.77. The Labute approximate surface area is 148 Å². The van der Waals surface area contributed by atoms with Crippen molar-refractivity contribution >= 4 is 17.4 Å². The van der Waals surface area contributed by atoms with Crippen LogP contribution in [0.1, 0.15) is 18.4 Å². The maximum atomic E-state index is 12.5. The Morgan fingerprint density at radius 2 is 1.52 bits per heavy atom. The summed E-state index contributed by atoms with van der Waals surface area (Å²) in [6.45, 7) is 7.41. The summed E-state index contributed by atoms with van der Waals surface area (Å²) >= 11 is 0. The number of aromatic nitrogens is 2. The molecule has 0 aliphatic carbocycles. The lowest BCUT2D eigenvalue weighted by Crippen LogP contribution is -2.50. The molecule has 1 amide bonds. The van der Waals surface area contributed by atoms with Crippen LogP contribution in [-0.4, -0.2) is 60.0 Å². The summed E-state index contributed by atoms with van der Waals surface area (Å²) in [6, 6.07) is 8.64. The number of hydrogen-bond donors (Lipinski definition) is 0. The average molecular weight is 339 g/mol. The van der Waals surface area contributed by atoms with E-state index in [4.69, 9.17) is 0 Å². The van der Waals surface area contributed by atoms with Gasteiger partial charge < -0.3 is 14.7 Å². The van der Waals surface area contributed by atoms with Gasteiger partial charge in [-0.2, -0.15) is 9.78 Å². The summed E-state index contributed by atoms with van der Waals surface area (Å²) in [6.07, 6.45) is 6.07. The molecule has 2 aliphatic rings. The third kappa shape index (κ3) is 3.21. The van der Waals surface area contributed by atoms with E-state index in [0.29, 0.717) is 0 Å². The molecule has 1 aromatic heterocycles. The number of piperazine rings is 1. The molecule has 6 nitrogen and oxygen atoms in total. The van der Waals surface area contributed by atoms with Gasteiger partial charge in [-0.25, -0.2) is 4.79 Å². The second-order valence-electron chi connectivity index (χ2n) is 6.90. The van der Waals surface area contributed by atoms with E-state index < -0.39 is 0 Å². The number of anilines is 2. The fraction of sp³-hybridized carbons (Fsp3) is 0.474. The zero-order chi connectivity index (χ0) is 17.2. The van der Waals surface area contributed by atoms with E-state index in [1.807, 2.05) is 11.8 Å². The molecular weight excluding hydrogens is 314 g/mol. The molecule has 0 N–H and O–H groups in total. The van der Waals surface area contributed by atoms with Crippen LogP contribution in [0.15, 0.2) is 36.7 Å². The fourth-order valence-electron chi connectivity index (χ4n) is 3.76. The molecule has 0 saturated carbocycles. The Hall–Kier alpha value is -2.50. The molecule has 2 saturated heterocycles. The number of hydrogen-bond acceptors (Lipinski definition) is 4. The van der Waals surface area contributed by atoms with Gasteiger partial charge in [0.05, 0.1) is 17.6 Å². The van der Waals surface area contributed by atoms with E-state index in [1.165, 1.54) is 28.9 Å². The molecule has 132 valence electrons. The summed E-state index contributed by atoms with van der Waals surface area (Å²) in [7, 11) is 0. The molecule has 3 heterocycles. The molecule has 1 aromatic carbocycles. The third-order valence-corrected chi connectivity index (χ3v) is 5.13. The van der Waals surface area contributed by atoms with Gasteiger partial charge in [-0.1, -0.05) is 12.1 Å². The van der Waals surface area contributed by atoms with Crippen LogP contribution in [0.3, 0.4) is 0 Å². The standard InChI is InChI=1S/C19H25N5O/c1-16-14-20-24(15-16)19(25)23-12-10-22(11-13-23)18-7-3-2-6-17(18)21-8-4-5-9-21/h2-3,6-7,14-15H,4-5,8-13H2,1H3. The van der Waals surface area contributed by atoms with Gasteiger partial charge in [0.2, 0.25) is 0 Å². The molecule has 0 spiro atoms. The lowest BCUT2D eigenvalue weighted by molar-refractivity contribution is 0.193. The summed E-state index contributed by atoms with van der Waals surface area (Å²) in [4.78, 5) is 19.3. The van der Waals surface area contributed by atoms with Crippen LogP contribution < -0.4 is 9.80 Å². The SMILES string of the molecule is Cc1cnn(C(=O)N2CCN(c3ccccc3N3CCCC3)CC2)c1. The molecule has 0 radical (unpaired) electrons. The summed E-state index contributed by atoms with van der Waals surface area (Å²) in [5, 5.41) is 4.14. The molecule has 0 bridgehead atoms. The number of nitrogens with zero attached hydrogens (tertiary/aromatic N) is 5. The number of benzene rings is 1. The van der Waals surface area contributed by atoms with Crippen LogP contribution >= 0.6 is 0 Å². The van der Waals surface area contributed by atoms with Crippen LogP contribution in [-0.2, 0) is 0 Å². The largest absolute Gasteiger partial charge is 0.370 e. The van der Waals surface area contributed by atoms with Gasteiger partial charge in [-0.3, -0.25) is 0 Å². The smallest absolute Gasteiger partial charge is 0.344 e. The summed E-state index contributed by atoms with van der Waals surface area (Å²) in [5.41, 5.74) is 3.64. The summed E-state index contributed by atoms with van der Waals surface area (Å²) in [5.74, 6) is 0. The van der Waals surface area contributed by atoms with Gasteiger partial charge in [-0.15, -0.1) is 0 Å². The first-order valence-corrected chi connectivity index (χ1v) is 9.12. The van der Waals surface area contributed by atoms with Crippen LogP contribution in [0, 0.1) is 6.92 Å². The highest BCUT2D eigenvalue weighted by atomic mass is 16.2. The lowest BCUT2D eigenvalue weighted by atomic mass is 10.2. The number of carbonyl (C=O) groups excluding carboxylic acids is 1. The molecule has 2 aliphatic heterocycles. The van der Waals surface area contributed by atoms with Crippen molar-refractivity contribution in [1.29, 1.82) is 0 Å². The second-order valence-corrected chi connectivity index (χ2v) is 6.90. The van der Waals surface area contributed by atoms with Crippen LogP contribution in [0.5, 0.6) is 0 Å². The van der Waals surface area contributed by atoms with Gasteiger partial charge in [0.15, 0.2) is 0 Å². The number of aryl methyl sites for hydroxylation is 1. The van der Waals surface area contributed by atoms with Crippen molar-refractivity contribution in [1.82, 2.24) is 14.7 Å². The van der Waals surface area contributed by atoms with Crippen molar-refractivity contribution in [2.75, 3.05) is 49.1 Å². The Balaban J connectivity index is 1.45. The van der Waals surface area contributed by atoms with Gasteiger partial charge in [0, 0.05) is 45.5 Å². The number of amides is 1. The molecule has 0 unspecified atom stereocenters. The van der Waals surface area contributed by atoms with Crippen LogP contribution in [0.4, 0.5) is 16.2 Å². The van der Waals surface area contributed by atoms with Gasteiger partial charge in [-0.05, 0) is 37.5 Å². The zero-order valence-corrected chi connectivity index (χ0v) is 14.8. The van der Waals surface area contributed by atoms with Crippen molar-refractivity contribution in [3.05, 3.63) is 42.2 Å². The second kappa shape index (κ2) is 6.78. The highest BCUT2D eigenvalue weighted by Gasteiger charge is 2.25. The quantitative estimate of drug-likeness (QED) is 0.844. The van der Waals surface area contributed by atoms with Crippen molar-refractivity contribution in [3.63, 3.8) is 0 Å². The average Bonchev–Trinajstić information content (AvgIpc) is 3.33. The van der Waals surface area contributed by atoms with Crippen molar-refractivity contribution in [2.24, 2.45) is 0 Å². The minimum Gasteiger partial charge on any atom is -0.370 e. The first-order chi connectivity index (χ1) is 12.2. The number of rotatable bonds is 2. The van der Waals surface area contributed by atoms with Crippen LogP contribution in [0.25, 0.3) is 0 Å². The van der Waals surface area contributed by atoms with Gasteiger partial charge >= 0.3 is 6.03 Å². The predicted molar refractivity (Wildman–Crippen MR) is 99.4 cm³/mol. The minimum atomic E-state index is -0.0272. The van der Waals surface area contributed by atoms with E-state index in [2.05, 4.69) is 39.2 Å². The van der Waals surface area contributed by atoms with Crippen molar-refractivity contribution < 1.29 is 4.79 Å². The van der Waals surface area contributed by atoms with Crippen LogP contribution in [0.2, 0.25) is 0 Å². The van der Waals surface area contributed by atoms with Gasteiger partial charge in [0.25, 0.3) is 0 Å². The molecule has 2 fully saturated rings. The van der Waals surface area contributed by atoms with Crippen molar-refractivity contribution in [2.45, 2.75) is 19.8 Å². The van der Waals surface area contributed by atoms with E-state index in [9.17, 15) is 4.79 Å². The molecule has 6 heteroatoms. The minimum absolute atomic E-state index is 0.0272. The predicted octanol–water partition coefficient (Wildman–Crippen LogP) is 2.58. The number of para-hydroxylation sites is 2. The lowest BCUT2D eigenvalue weighted by Gasteiger charge is -2.37. The first kappa shape index (κ1) is 16.0. The number of carbonyl (C=O) groups is 1. The Bertz CT molecular complexity index is 742. The first-order valence-electron chi connectivity index (χ1n) is 9.12. The third-order valence-electron chi connectivity index (χ3n) is 5.13. The normalized spacial score (nSPS) is 18.0.